The molecule has 0 unspecified atom stereocenters. The molecule has 0 fully saturated rings. The van der Waals surface area contributed by atoms with Crippen LogP contribution in [-0.4, -0.2) is 26.0 Å². The summed E-state index contributed by atoms with van der Waals surface area (Å²) in [5.41, 5.74) is 3.15. The van der Waals surface area contributed by atoms with E-state index < -0.39 is 5.41 Å². The topological polar surface area (TPSA) is 52.6 Å². The van der Waals surface area contributed by atoms with Gasteiger partial charge in [-0.05, 0) is 57.0 Å². The fourth-order valence-corrected chi connectivity index (χ4v) is 2.76. The van der Waals surface area contributed by atoms with E-state index in [4.69, 9.17) is 9.47 Å². The molecule has 0 spiro atoms. The van der Waals surface area contributed by atoms with Gasteiger partial charge in [0.15, 0.2) is 6.29 Å². The van der Waals surface area contributed by atoms with Crippen molar-refractivity contribution in [3.8, 4) is 16.9 Å². The van der Waals surface area contributed by atoms with E-state index in [1.807, 2.05) is 57.2 Å². The first-order chi connectivity index (χ1) is 11.8. The summed E-state index contributed by atoms with van der Waals surface area (Å²) in [4.78, 5) is 23.8. The van der Waals surface area contributed by atoms with E-state index in [-0.39, 0.29) is 5.97 Å². The average molecular weight is 340 g/mol. The number of carbonyl (C=O) groups excluding carboxylic acids is 2. The van der Waals surface area contributed by atoms with Crippen LogP contribution >= 0.6 is 0 Å². The number of methoxy groups -OCH3 is 1. The Kier molecular flexibility index (Phi) is 5.62. The van der Waals surface area contributed by atoms with Crippen molar-refractivity contribution in [2.75, 3.05) is 13.7 Å². The number of hydrogen-bond donors (Lipinski definition) is 0. The highest BCUT2D eigenvalue weighted by atomic mass is 16.5. The van der Waals surface area contributed by atoms with E-state index in [1.165, 1.54) is 0 Å². The van der Waals surface area contributed by atoms with Crippen molar-refractivity contribution in [3.63, 3.8) is 0 Å². The van der Waals surface area contributed by atoms with E-state index in [0.717, 1.165) is 28.5 Å². The largest absolute Gasteiger partial charge is 0.496 e. The predicted octanol–water partition coefficient (Wildman–Crippen LogP) is 4.32. The number of carbonyl (C=O) groups is 2. The molecule has 25 heavy (non-hydrogen) atoms. The summed E-state index contributed by atoms with van der Waals surface area (Å²) in [6, 6.07) is 11.3. The summed E-state index contributed by atoms with van der Waals surface area (Å²) in [7, 11) is 1.59. The number of rotatable bonds is 6. The third-order valence-corrected chi connectivity index (χ3v) is 4.33. The lowest BCUT2D eigenvalue weighted by molar-refractivity contribution is -0.148. The minimum atomic E-state index is -0.803. The molecule has 0 saturated carbocycles. The van der Waals surface area contributed by atoms with Gasteiger partial charge in [0, 0.05) is 11.1 Å². The van der Waals surface area contributed by atoms with Gasteiger partial charge >= 0.3 is 5.97 Å². The second-order valence-corrected chi connectivity index (χ2v) is 6.47. The first kappa shape index (κ1) is 18.7. The summed E-state index contributed by atoms with van der Waals surface area (Å²) in [5.74, 6) is 0.362. The van der Waals surface area contributed by atoms with Crippen LogP contribution in [0.5, 0.6) is 5.75 Å². The minimum absolute atomic E-state index is 0.286. The number of hydrogen-bond acceptors (Lipinski definition) is 4. The van der Waals surface area contributed by atoms with Gasteiger partial charge in [0.1, 0.15) is 5.75 Å². The van der Waals surface area contributed by atoms with Crippen LogP contribution in [0.2, 0.25) is 0 Å². The van der Waals surface area contributed by atoms with Crippen molar-refractivity contribution in [3.05, 3.63) is 53.1 Å². The zero-order valence-corrected chi connectivity index (χ0v) is 15.4. The normalized spacial score (nSPS) is 11.1. The summed E-state index contributed by atoms with van der Waals surface area (Å²) in [6.07, 6.45) is 0.838. The maximum absolute atomic E-state index is 12.3. The Balaban J connectivity index is 2.63. The molecule has 2 aromatic rings. The highest BCUT2D eigenvalue weighted by Crippen LogP contribution is 2.36. The van der Waals surface area contributed by atoms with Crippen LogP contribution in [0.15, 0.2) is 36.4 Å². The molecule has 0 aliphatic carbocycles. The summed E-state index contributed by atoms with van der Waals surface area (Å²) in [6.45, 7) is 7.71. The molecule has 2 rings (SSSR count). The van der Waals surface area contributed by atoms with Gasteiger partial charge in [0.2, 0.25) is 0 Å². The summed E-state index contributed by atoms with van der Waals surface area (Å²) >= 11 is 0. The van der Waals surface area contributed by atoms with Gasteiger partial charge in [0.25, 0.3) is 0 Å². The van der Waals surface area contributed by atoms with E-state index in [2.05, 4.69) is 0 Å². The van der Waals surface area contributed by atoms with Gasteiger partial charge < -0.3 is 9.47 Å². The quantitative estimate of drug-likeness (QED) is 0.580. The molecule has 0 saturated heterocycles. The maximum Gasteiger partial charge on any atom is 0.315 e. The molecule has 0 amide bonds. The van der Waals surface area contributed by atoms with E-state index in [0.29, 0.717) is 17.9 Å². The van der Waals surface area contributed by atoms with Crippen molar-refractivity contribution >= 4 is 12.3 Å². The van der Waals surface area contributed by atoms with Crippen LogP contribution in [0, 0.1) is 6.92 Å². The summed E-state index contributed by atoms with van der Waals surface area (Å²) in [5, 5.41) is 0. The Morgan fingerprint density at radius 1 is 1.12 bits per heavy atom. The molecule has 0 atom stereocenters. The highest BCUT2D eigenvalue weighted by molar-refractivity contribution is 5.90. The highest BCUT2D eigenvalue weighted by Gasteiger charge is 2.32. The van der Waals surface area contributed by atoms with Gasteiger partial charge in [-0.2, -0.15) is 0 Å². The molecule has 4 nitrogen and oxygen atoms in total. The lowest BCUT2D eigenvalue weighted by Gasteiger charge is -2.24. The molecular weight excluding hydrogens is 316 g/mol. The molecule has 0 radical (unpaired) electrons. The Bertz CT molecular complexity index is 790. The van der Waals surface area contributed by atoms with Crippen LogP contribution in [0.4, 0.5) is 0 Å². The number of ether oxygens (including phenoxy) is 2. The van der Waals surface area contributed by atoms with Crippen molar-refractivity contribution in [1.29, 1.82) is 0 Å². The maximum atomic E-state index is 12.3. The first-order valence-corrected chi connectivity index (χ1v) is 8.27. The zero-order valence-electron chi connectivity index (χ0n) is 15.4. The average Bonchev–Trinajstić information content (AvgIpc) is 2.61. The second kappa shape index (κ2) is 7.51. The number of esters is 1. The molecule has 0 aliphatic rings. The third-order valence-electron chi connectivity index (χ3n) is 4.33. The lowest BCUT2D eigenvalue weighted by Crippen LogP contribution is -2.31. The van der Waals surface area contributed by atoms with Crippen molar-refractivity contribution in [1.82, 2.24) is 0 Å². The fourth-order valence-electron chi connectivity index (χ4n) is 2.76. The van der Waals surface area contributed by atoms with Crippen molar-refractivity contribution < 1.29 is 19.1 Å². The molecule has 4 heteroatoms. The summed E-state index contributed by atoms with van der Waals surface area (Å²) < 4.78 is 10.7. The Hall–Kier alpha value is -2.62. The smallest absolute Gasteiger partial charge is 0.315 e. The van der Waals surface area contributed by atoms with Crippen LogP contribution in [0.25, 0.3) is 11.1 Å². The van der Waals surface area contributed by atoms with Gasteiger partial charge in [-0.25, -0.2) is 0 Å². The fraction of sp³-hybridized carbons (Fsp3) is 0.333. The molecule has 0 aliphatic heterocycles. The molecular formula is C21H24O4. The Labute approximate surface area is 148 Å². The van der Waals surface area contributed by atoms with E-state index in [1.54, 1.807) is 14.0 Å². The van der Waals surface area contributed by atoms with Gasteiger partial charge in [-0.1, -0.05) is 23.8 Å². The minimum Gasteiger partial charge on any atom is -0.496 e. The van der Waals surface area contributed by atoms with Gasteiger partial charge in [0.05, 0.1) is 19.1 Å². The molecule has 0 bridgehead atoms. The van der Waals surface area contributed by atoms with Crippen LogP contribution in [0.1, 0.15) is 42.3 Å². The number of aryl methyl sites for hydroxylation is 1. The van der Waals surface area contributed by atoms with Crippen LogP contribution in [0.3, 0.4) is 0 Å². The monoisotopic (exact) mass is 340 g/mol. The molecule has 0 N–H and O–H groups in total. The Morgan fingerprint density at radius 3 is 2.44 bits per heavy atom. The zero-order chi connectivity index (χ0) is 18.6. The lowest BCUT2D eigenvalue weighted by atomic mass is 9.82. The van der Waals surface area contributed by atoms with Crippen molar-refractivity contribution in [2.24, 2.45) is 0 Å². The first-order valence-electron chi connectivity index (χ1n) is 8.27. The molecule has 132 valence electrons. The second-order valence-electron chi connectivity index (χ2n) is 6.47. The van der Waals surface area contributed by atoms with Crippen molar-refractivity contribution in [2.45, 2.75) is 33.1 Å². The van der Waals surface area contributed by atoms with Crippen LogP contribution in [-0.2, 0) is 14.9 Å². The van der Waals surface area contributed by atoms with Gasteiger partial charge in [-0.15, -0.1) is 0 Å². The SMILES string of the molecule is CCOC(=O)C(C)(C)c1ccc(OC)c(-c2ccc(C)cc2C=O)c1. The molecule has 2 aromatic carbocycles. The van der Waals surface area contributed by atoms with E-state index >= 15 is 0 Å². The van der Waals surface area contributed by atoms with Gasteiger partial charge in [-0.3, -0.25) is 9.59 Å². The molecule has 0 heterocycles. The van der Waals surface area contributed by atoms with Crippen LogP contribution < -0.4 is 4.74 Å². The molecule has 0 aromatic heterocycles. The number of benzene rings is 2. The Morgan fingerprint density at radius 2 is 1.84 bits per heavy atom. The van der Waals surface area contributed by atoms with E-state index in [9.17, 15) is 9.59 Å². The third kappa shape index (κ3) is 3.73. The predicted molar refractivity (Wildman–Crippen MR) is 98.2 cm³/mol. The number of aldehydes is 1. The standard InChI is InChI=1S/C21H24O4/c1-6-25-20(23)21(3,4)16-8-10-19(24-5)18(12-16)17-9-7-14(2)11-15(17)13-22/h7-13H,6H2,1-5H3.